The van der Waals surface area contributed by atoms with Crippen LogP contribution in [0.15, 0.2) is 66.9 Å². The number of ether oxygens (including phenoxy) is 1. The summed E-state index contributed by atoms with van der Waals surface area (Å²) in [4.78, 5) is 30.4. The van der Waals surface area contributed by atoms with E-state index in [-0.39, 0.29) is 24.0 Å². The number of rotatable bonds is 7. The summed E-state index contributed by atoms with van der Waals surface area (Å²) in [7, 11) is 0. The number of nitrogens with one attached hydrogen (secondary N) is 1. The summed E-state index contributed by atoms with van der Waals surface area (Å²) in [6.45, 7) is 5.66. The predicted octanol–water partition coefficient (Wildman–Crippen LogP) is 4.68. The largest absolute Gasteiger partial charge is 0.449 e. The summed E-state index contributed by atoms with van der Waals surface area (Å²) >= 11 is 0. The molecule has 1 atom stereocenters. The molecule has 0 fully saturated rings. The minimum Gasteiger partial charge on any atom is -0.449 e. The molecule has 174 valence electrons. The maximum Gasteiger partial charge on any atom is 0.339 e. The average molecular weight is 461 g/mol. The van der Waals surface area contributed by atoms with Gasteiger partial charge in [0.1, 0.15) is 5.82 Å². The Morgan fingerprint density at radius 1 is 1.06 bits per heavy atom. The van der Waals surface area contributed by atoms with Gasteiger partial charge in [-0.25, -0.2) is 18.9 Å². The van der Waals surface area contributed by atoms with Crippen LogP contribution in [-0.2, 0) is 16.1 Å². The Hall–Kier alpha value is -4.07. The van der Waals surface area contributed by atoms with Crippen LogP contribution in [0.25, 0.3) is 22.3 Å². The smallest absolute Gasteiger partial charge is 0.339 e. The maximum atomic E-state index is 13.1. The van der Waals surface area contributed by atoms with Crippen LogP contribution >= 0.6 is 0 Å². The van der Waals surface area contributed by atoms with Crippen LogP contribution in [0.5, 0.6) is 0 Å². The van der Waals surface area contributed by atoms with Gasteiger partial charge in [0, 0.05) is 18.2 Å². The summed E-state index contributed by atoms with van der Waals surface area (Å²) in [6.07, 6.45) is 0.559. The Morgan fingerprint density at radius 3 is 2.44 bits per heavy atom. The lowest BCUT2D eigenvalue weighted by molar-refractivity contribution is -0.129. The van der Waals surface area contributed by atoms with Crippen LogP contribution < -0.4 is 5.32 Å². The third kappa shape index (κ3) is 4.96. The standard InChI is InChI=1S/C26H25FN4O3/c1-16(2)31-24-22(15-29-31)21(13-23(30-24)19-7-5-4-6-8-19)26(33)34-17(3)25(32)28-14-18-9-11-20(27)12-10-18/h4-13,15-17H,14H2,1-3H3,(H,28,32). The molecule has 1 unspecified atom stereocenters. The van der Waals surface area contributed by atoms with E-state index in [9.17, 15) is 14.0 Å². The van der Waals surface area contributed by atoms with Crippen molar-refractivity contribution >= 4 is 22.9 Å². The van der Waals surface area contributed by atoms with E-state index in [4.69, 9.17) is 9.72 Å². The molecule has 0 aliphatic heterocycles. The zero-order valence-electron chi connectivity index (χ0n) is 19.2. The van der Waals surface area contributed by atoms with Gasteiger partial charge in [-0.15, -0.1) is 0 Å². The molecule has 0 saturated heterocycles. The van der Waals surface area contributed by atoms with Gasteiger partial charge in [-0.05, 0) is 44.5 Å². The molecule has 8 heteroatoms. The molecular formula is C26H25FN4O3. The van der Waals surface area contributed by atoms with Gasteiger partial charge >= 0.3 is 5.97 Å². The first-order valence-corrected chi connectivity index (χ1v) is 11.0. The van der Waals surface area contributed by atoms with E-state index < -0.39 is 18.0 Å². The zero-order valence-corrected chi connectivity index (χ0v) is 19.2. The molecule has 1 N–H and O–H groups in total. The van der Waals surface area contributed by atoms with E-state index >= 15 is 0 Å². The van der Waals surface area contributed by atoms with Gasteiger partial charge in [-0.3, -0.25) is 4.79 Å². The lowest BCUT2D eigenvalue weighted by atomic mass is 10.1. The SMILES string of the molecule is CC(OC(=O)c1cc(-c2ccccc2)nc2c1cnn2C(C)C)C(=O)NCc1ccc(F)cc1. The average Bonchev–Trinajstić information content (AvgIpc) is 3.27. The van der Waals surface area contributed by atoms with Gasteiger partial charge in [-0.2, -0.15) is 5.10 Å². The normalized spacial score (nSPS) is 12.0. The van der Waals surface area contributed by atoms with Crippen LogP contribution in [0.2, 0.25) is 0 Å². The van der Waals surface area contributed by atoms with Crippen LogP contribution in [0, 0.1) is 5.82 Å². The van der Waals surface area contributed by atoms with Gasteiger partial charge in [0.05, 0.1) is 22.8 Å². The van der Waals surface area contributed by atoms with Crippen molar-refractivity contribution in [2.45, 2.75) is 39.5 Å². The highest BCUT2D eigenvalue weighted by Gasteiger charge is 2.23. The molecule has 0 spiro atoms. The van der Waals surface area contributed by atoms with Crippen molar-refractivity contribution in [2.75, 3.05) is 0 Å². The number of esters is 1. The first-order valence-electron chi connectivity index (χ1n) is 11.0. The van der Waals surface area contributed by atoms with Gasteiger partial charge in [0.2, 0.25) is 0 Å². The van der Waals surface area contributed by atoms with Gasteiger partial charge < -0.3 is 10.1 Å². The molecule has 4 aromatic rings. The quantitative estimate of drug-likeness (QED) is 0.405. The fourth-order valence-corrected chi connectivity index (χ4v) is 3.53. The van der Waals surface area contributed by atoms with Crippen molar-refractivity contribution in [1.82, 2.24) is 20.1 Å². The third-order valence-corrected chi connectivity index (χ3v) is 5.38. The summed E-state index contributed by atoms with van der Waals surface area (Å²) in [5.74, 6) is -1.45. The van der Waals surface area contributed by atoms with E-state index in [0.29, 0.717) is 16.7 Å². The number of halogens is 1. The maximum absolute atomic E-state index is 13.1. The highest BCUT2D eigenvalue weighted by molar-refractivity contribution is 6.04. The number of benzene rings is 2. The van der Waals surface area contributed by atoms with Crippen molar-refractivity contribution < 1.29 is 18.7 Å². The van der Waals surface area contributed by atoms with Crippen molar-refractivity contribution in [3.8, 4) is 11.3 Å². The van der Waals surface area contributed by atoms with E-state index in [1.807, 2.05) is 44.2 Å². The third-order valence-electron chi connectivity index (χ3n) is 5.38. The second kappa shape index (κ2) is 9.82. The van der Waals surface area contributed by atoms with E-state index in [1.54, 1.807) is 29.1 Å². The van der Waals surface area contributed by atoms with E-state index in [0.717, 1.165) is 11.1 Å². The fourth-order valence-electron chi connectivity index (χ4n) is 3.53. The number of nitrogens with zero attached hydrogens (tertiary/aromatic N) is 3. The molecule has 1 amide bonds. The Morgan fingerprint density at radius 2 is 1.76 bits per heavy atom. The molecule has 34 heavy (non-hydrogen) atoms. The molecule has 2 aromatic carbocycles. The highest BCUT2D eigenvalue weighted by Crippen LogP contribution is 2.27. The number of hydrogen-bond acceptors (Lipinski definition) is 5. The topological polar surface area (TPSA) is 86.1 Å². The lowest BCUT2D eigenvalue weighted by Gasteiger charge is -2.15. The zero-order chi connectivity index (χ0) is 24.2. The Kier molecular flexibility index (Phi) is 6.67. The molecule has 7 nitrogen and oxygen atoms in total. The van der Waals surface area contributed by atoms with E-state index in [1.165, 1.54) is 19.1 Å². The number of amides is 1. The minimum atomic E-state index is -1.03. The molecule has 0 saturated carbocycles. The number of carbonyl (C=O) groups excluding carboxylic acids is 2. The van der Waals surface area contributed by atoms with Crippen LogP contribution in [0.3, 0.4) is 0 Å². The van der Waals surface area contributed by atoms with Crippen LogP contribution in [0.1, 0.15) is 42.7 Å². The van der Waals surface area contributed by atoms with Crippen LogP contribution in [0.4, 0.5) is 4.39 Å². The molecule has 2 aromatic heterocycles. The summed E-state index contributed by atoms with van der Waals surface area (Å²) in [5.41, 5.74) is 3.04. The fraction of sp³-hybridized carbons (Fsp3) is 0.231. The number of hydrogen-bond donors (Lipinski definition) is 1. The molecule has 0 bridgehead atoms. The first kappa shape index (κ1) is 23.1. The van der Waals surface area contributed by atoms with Crippen molar-refractivity contribution in [3.05, 3.63) is 83.8 Å². The van der Waals surface area contributed by atoms with Gasteiger partial charge in [0.15, 0.2) is 11.8 Å². The molecule has 0 radical (unpaired) electrons. The summed E-state index contributed by atoms with van der Waals surface area (Å²) in [5, 5.41) is 7.65. The predicted molar refractivity (Wildman–Crippen MR) is 126 cm³/mol. The van der Waals surface area contributed by atoms with Gasteiger partial charge in [-0.1, -0.05) is 42.5 Å². The molecule has 0 aliphatic rings. The number of carbonyl (C=O) groups is 2. The Labute approximate surface area is 196 Å². The number of pyridine rings is 1. The first-order chi connectivity index (χ1) is 16.3. The number of aromatic nitrogens is 3. The van der Waals surface area contributed by atoms with Crippen molar-refractivity contribution in [1.29, 1.82) is 0 Å². The summed E-state index contributed by atoms with van der Waals surface area (Å²) in [6, 6.07) is 17.0. The lowest BCUT2D eigenvalue weighted by Crippen LogP contribution is -2.35. The van der Waals surface area contributed by atoms with Crippen molar-refractivity contribution in [3.63, 3.8) is 0 Å². The molecular weight excluding hydrogens is 435 g/mol. The number of fused-ring (bicyclic) bond motifs is 1. The Balaban J connectivity index is 1.57. The molecule has 2 heterocycles. The molecule has 4 rings (SSSR count). The second-order valence-electron chi connectivity index (χ2n) is 8.23. The van der Waals surface area contributed by atoms with Crippen molar-refractivity contribution in [2.24, 2.45) is 0 Å². The Bertz CT molecular complexity index is 1320. The summed E-state index contributed by atoms with van der Waals surface area (Å²) < 4.78 is 20.3. The highest BCUT2D eigenvalue weighted by atomic mass is 19.1. The minimum absolute atomic E-state index is 0.0380. The second-order valence-corrected chi connectivity index (χ2v) is 8.23. The molecule has 0 aliphatic carbocycles. The van der Waals surface area contributed by atoms with E-state index in [2.05, 4.69) is 10.4 Å². The van der Waals surface area contributed by atoms with Crippen LogP contribution in [-0.4, -0.2) is 32.7 Å². The van der Waals surface area contributed by atoms with Gasteiger partial charge in [0.25, 0.3) is 5.91 Å². The monoisotopic (exact) mass is 460 g/mol.